The lowest BCUT2D eigenvalue weighted by Crippen LogP contribution is -2.55. The number of alkyl halides is 3. The number of aromatic nitrogens is 4. The molecule has 0 aliphatic carbocycles. The molecule has 0 bridgehead atoms. The Morgan fingerprint density at radius 3 is 2.60 bits per heavy atom. The number of nitrogens with zero attached hydrogens (tertiary/aromatic N) is 6. The number of benzene rings is 1. The molecule has 1 saturated heterocycles. The van der Waals surface area contributed by atoms with E-state index in [0.29, 0.717) is 48.8 Å². The van der Waals surface area contributed by atoms with Gasteiger partial charge in [-0.05, 0) is 55.8 Å². The number of anilines is 1. The summed E-state index contributed by atoms with van der Waals surface area (Å²) >= 11 is 5.84. The van der Waals surface area contributed by atoms with Crippen molar-refractivity contribution in [2.45, 2.75) is 38.9 Å². The normalized spacial score (nSPS) is 15.1. The molecule has 1 atom stereocenters. The fraction of sp³-hybridized carbons (Fsp3) is 0.364. The number of piperazine rings is 1. The van der Waals surface area contributed by atoms with Crippen LogP contribution in [0.25, 0.3) is 11.3 Å². The summed E-state index contributed by atoms with van der Waals surface area (Å²) in [4.78, 5) is 44.1. The van der Waals surface area contributed by atoms with Crippen molar-refractivity contribution < 1.29 is 27.5 Å². The number of ether oxygens (including phenoxy) is 1. The molecule has 1 aliphatic rings. The Labute approximate surface area is 275 Å². The summed E-state index contributed by atoms with van der Waals surface area (Å²) in [6, 6.07) is 10.0. The molecular formula is C33H35ClF3N7O3. The van der Waals surface area contributed by atoms with Gasteiger partial charge in [-0.2, -0.15) is 13.2 Å². The maximum atomic E-state index is 13.8. The first-order chi connectivity index (χ1) is 22.5. The predicted molar refractivity (Wildman–Crippen MR) is 172 cm³/mol. The molecular weight excluding hydrogens is 635 g/mol. The van der Waals surface area contributed by atoms with Gasteiger partial charge >= 0.3 is 6.18 Å². The average Bonchev–Trinajstić information content (AvgIpc) is 3.48. The number of imidazole rings is 1. The monoisotopic (exact) mass is 669 g/mol. The van der Waals surface area contributed by atoms with Gasteiger partial charge in [-0.15, -0.1) is 0 Å². The average molecular weight is 670 g/mol. The molecule has 0 saturated carbocycles. The van der Waals surface area contributed by atoms with E-state index in [1.807, 2.05) is 42.6 Å². The van der Waals surface area contributed by atoms with Gasteiger partial charge in [-0.1, -0.05) is 18.5 Å². The number of carbonyl (C=O) groups excluding carboxylic acids is 2. The third-order valence-corrected chi connectivity index (χ3v) is 8.28. The van der Waals surface area contributed by atoms with Crippen LogP contribution in [0, 0.1) is 0 Å². The highest BCUT2D eigenvalue weighted by atomic mass is 35.5. The number of pyridine rings is 2. The van der Waals surface area contributed by atoms with E-state index >= 15 is 0 Å². The molecule has 3 aromatic heterocycles. The van der Waals surface area contributed by atoms with Gasteiger partial charge in [0.25, 0.3) is 11.8 Å². The fourth-order valence-corrected chi connectivity index (χ4v) is 5.83. The first-order valence-electron chi connectivity index (χ1n) is 15.3. The quantitative estimate of drug-likeness (QED) is 0.232. The molecule has 10 nitrogen and oxygen atoms in total. The van der Waals surface area contributed by atoms with Crippen LogP contribution < -0.4 is 15.0 Å². The molecule has 4 aromatic rings. The molecule has 1 fully saturated rings. The van der Waals surface area contributed by atoms with Crippen molar-refractivity contribution in [2.75, 3.05) is 37.7 Å². The number of nitrogens with one attached hydrogen (secondary N) is 1. The molecule has 47 heavy (non-hydrogen) atoms. The molecule has 2 amide bonds. The van der Waals surface area contributed by atoms with Crippen LogP contribution >= 0.6 is 11.6 Å². The van der Waals surface area contributed by atoms with Crippen LogP contribution in [0.5, 0.6) is 5.88 Å². The topological polar surface area (TPSA) is 105 Å². The lowest BCUT2D eigenvalue weighted by molar-refractivity contribution is -0.138. The van der Waals surface area contributed by atoms with Crippen molar-refractivity contribution >= 4 is 29.1 Å². The minimum Gasteiger partial charge on any atom is -0.477 e. The van der Waals surface area contributed by atoms with E-state index in [2.05, 4.69) is 15.3 Å². The van der Waals surface area contributed by atoms with E-state index in [9.17, 15) is 22.8 Å². The number of carbonyl (C=O) groups is 2. The molecule has 14 heteroatoms. The summed E-state index contributed by atoms with van der Waals surface area (Å²) < 4.78 is 49.0. The fourth-order valence-electron chi connectivity index (χ4n) is 5.66. The number of aryl methyl sites for hydroxylation is 1. The summed E-state index contributed by atoms with van der Waals surface area (Å²) in [5, 5.41) is 2.85. The third kappa shape index (κ3) is 7.51. The van der Waals surface area contributed by atoms with E-state index < -0.39 is 29.1 Å². The number of rotatable bonds is 10. The second kappa shape index (κ2) is 14.4. The summed E-state index contributed by atoms with van der Waals surface area (Å²) in [6.07, 6.45) is 1.44. The van der Waals surface area contributed by atoms with Crippen LogP contribution in [0.15, 0.2) is 61.1 Å². The smallest absolute Gasteiger partial charge is 0.417 e. The van der Waals surface area contributed by atoms with Gasteiger partial charge in [-0.3, -0.25) is 9.59 Å². The van der Waals surface area contributed by atoms with Crippen LogP contribution in [-0.4, -0.2) is 75.1 Å². The molecule has 5 rings (SSSR count). The Morgan fingerprint density at radius 2 is 1.89 bits per heavy atom. The molecule has 0 unspecified atom stereocenters. The van der Waals surface area contributed by atoms with Crippen LogP contribution in [-0.2, 0) is 19.6 Å². The number of amides is 2. The van der Waals surface area contributed by atoms with Gasteiger partial charge in [0.2, 0.25) is 5.88 Å². The van der Waals surface area contributed by atoms with Crippen molar-refractivity contribution in [2.24, 2.45) is 7.05 Å². The summed E-state index contributed by atoms with van der Waals surface area (Å²) in [5.74, 6) is 0.0654. The third-order valence-electron chi connectivity index (χ3n) is 8.04. The van der Waals surface area contributed by atoms with Gasteiger partial charge < -0.3 is 24.4 Å². The second-order valence-corrected chi connectivity index (χ2v) is 11.4. The number of halogens is 4. The molecule has 0 spiro atoms. The zero-order chi connectivity index (χ0) is 33.7. The lowest BCUT2D eigenvalue weighted by atomic mass is 10.0. The minimum absolute atomic E-state index is 0.105. The highest BCUT2D eigenvalue weighted by Gasteiger charge is 2.38. The van der Waals surface area contributed by atoms with Gasteiger partial charge in [0.15, 0.2) is 5.69 Å². The van der Waals surface area contributed by atoms with Gasteiger partial charge in [0.1, 0.15) is 5.82 Å². The Hall–Kier alpha value is -4.65. The van der Waals surface area contributed by atoms with Gasteiger partial charge in [0.05, 0.1) is 34.7 Å². The largest absolute Gasteiger partial charge is 0.477 e. The Morgan fingerprint density at radius 1 is 1.09 bits per heavy atom. The SMILES string of the molecule is CCOc1ncccc1-c1ccc(N2CCN(C(=O)c3ccc(Cl)cc3C(F)(F)F)C[C@H]2CC)c(C(=O)NCCc2nccn2C)n1. The zero-order valence-corrected chi connectivity index (χ0v) is 27.0. The molecule has 1 aliphatic heterocycles. The van der Waals surface area contributed by atoms with E-state index in [4.69, 9.17) is 21.3 Å². The Balaban J connectivity index is 1.45. The van der Waals surface area contributed by atoms with Crippen molar-refractivity contribution in [3.05, 3.63) is 88.7 Å². The summed E-state index contributed by atoms with van der Waals surface area (Å²) in [5.41, 5.74) is 0.301. The van der Waals surface area contributed by atoms with E-state index in [1.165, 1.54) is 11.0 Å². The van der Waals surface area contributed by atoms with E-state index in [1.54, 1.807) is 30.6 Å². The van der Waals surface area contributed by atoms with Crippen LogP contribution in [0.2, 0.25) is 5.02 Å². The first-order valence-corrected chi connectivity index (χ1v) is 15.7. The predicted octanol–water partition coefficient (Wildman–Crippen LogP) is 5.66. The van der Waals surface area contributed by atoms with Crippen molar-refractivity contribution in [3.8, 4) is 17.1 Å². The lowest BCUT2D eigenvalue weighted by Gasteiger charge is -2.43. The van der Waals surface area contributed by atoms with Crippen molar-refractivity contribution in [3.63, 3.8) is 0 Å². The molecule has 0 radical (unpaired) electrons. The molecule has 1 N–H and O–H groups in total. The van der Waals surface area contributed by atoms with Crippen molar-refractivity contribution in [1.29, 1.82) is 0 Å². The highest BCUT2D eigenvalue weighted by Crippen LogP contribution is 2.36. The summed E-state index contributed by atoms with van der Waals surface area (Å²) in [7, 11) is 1.88. The molecule has 1 aromatic carbocycles. The van der Waals surface area contributed by atoms with E-state index in [0.717, 1.165) is 18.0 Å². The summed E-state index contributed by atoms with van der Waals surface area (Å²) in [6.45, 7) is 5.03. The van der Waals surface area contributed by atoms with Crippen LogP contribution in [0.1, 0.15) is 52.5 Å². The van der Waals surface area contributed by atoms with Crippen molar-refractivity contribution in [1.82, 2.24) is 29.7 Å². The molecule has 4 heterocycles. The Bertz CT molecular complexity index is 1750. The van der Waals surface area contributed by atoms with Crippen LogP contribution in [0.4, 0.5) is 18.9 Å². The first kappa shape index (κ1) is 33.7. The maximum Gasteiger partial charge on any atom is 0.417 e. The maximum absolute atomic E-state index is 13.8. The zero-order valence-electron chi connectivity index (χ0n) is 26.2. The van der Waals surface area contributed by atoms with Gasteiger partial charge in [0, 0.05) is 69.3 Å². The highest BCUT2D eigenvalue weighted by molar-refractivity contribution is 6.30. The second-order valence-electron chi connectivity index (χ2n) is 11.0. The standard InChI is InChI=1S/C33H35ClF3N7O3/c1-4-22-20-43(32(46)23-9-8-21(34)19-25(23)33(35,36)37)17-18-44(22)27-11-10-26(24-7-6-13-40-31(24)47-5-2)41-29(27)30(45)39-14-12-28-38-15-16-42(28)3/h6-11,13,15-16,19,22H,4-5,12,14,17-18,20H2,1-3H3,(H,39,45)/t22-/m1/s1. The van der Waals surface area contributed by atoms with Crippen LogP contribution in [0.3, 0.4) is 0 Å². The minimum atomic E-state index is -4.75. The number of hydrogen-bond donors (Lipinski definition) is 1. The Kier molecular flexibility index (Phi) is 10.3. The molecule has 248 valence electrons. The van der Waals surface area contributed by atoms with Gasteiger partial charge in [-0.25, -0.2) is 15.0 Å². The number of hydrogen-bond acceptors (Lipinski definition) is 7. The van der Waals surface area contributed by atoms with E-state index in [-0.39, 0.29) is 36.4 Å².